The Kier molecular flexibility index (Phi) is 8.05. The molecule has 0 saturated carbocycles. The fourth-order valence-corrected chi connectivity index (χ4v) is 0.924. The number of rotatable bonds is 3. The molecular weight excluding hydrogens is 194 g/mol. The number of aromatic nitrogens is 1. The van der Waals surface area contributed by atoms with Crippen LogP contribution >= 0.6 is 0 Å². The lowest BCUT2D eigenvalue weighted by atomic mass is 10.3. The Bertz CT molecular complexity index is 262. The zero-order valence-corrected chi connectivity index (χ0v) is 9.18. The van der Waals surface area contributed by atoms with Crippen LogP contribution in [0.3, 0.4) is 0 Å². The fourth-order valence-electron chi connectivity index (χ4n) is 0.924. The number of unbranched alkanes of at least 4 members (excludes halogenated alkanes) is 1. The van der Waals surface area contributed by atoms with Crippen molar-refractivity contribution in [2.45, 2.75) is 26.3 Å². The van der Waals surface area contributed by atoms with E-state index < -0.39 is 6.16 Å². The summed E-state index contributed by atoms with van der Waals surface area (Å²) in [5.41, 5.74) is 0. The van der Waals surface area contributed by atoms with Crippen molar-refractivity contribution in [1.82, 2.24) is 0 Å². The fraction of sp³-hybridized carbons (Fsp3) is 0.455. The molecule has 15 heavy (non-hydrogen) atoms. The van der Waals surface area contributed by atoms with Crippen molar-refractivity contribution in [3.63, 3.8) is 0 Å². The van der Waals surface area contributed by atoms with Crippen molar-refractivity contribution in [2.75, 3.05) is 7.11 Å². The van der Waals surface area contributed by atoms with Gasteiger partial charge in [-0.05, 0) is 0 Å². The molecule has 0 aromatic carbocycles. The van der Waals surface area contributed by atoms with Crippen molar-refractivity contribution < 1.29 is 19.2 Å². The van der Waals surface area contributed by atoms with Gasteiger partial charge in [-0.2, -0.15) is 0 Å². The second-order valence-corrected chi connectivity index (χ2v) is 2.92. The van der Waals surface area contributed by atoms with Crippen LogP contribution in [0, 0.1) is 0 Å². The smallest absolute Gasteiger partial charge is 0.251 e. The number of aryl methyl sites for hydroxylation is 1. The Balaban J connectivity index is 0.000000336. The lowest BCUT2D eigenvalue weighted by Crippen LogP contribution is -2.31. The molecule has 0 atom stereocenters. The van der Waals surface area contributed by atoms with Crippen LogP contribution in [-0.4, -0.2) is 13.3 Å². The Morgan fingerprint density at radius 1 is 1.33 bits per heavy atom. The van der Waals surface area contributed by atoms with E-state index in [1.165, 1.54) is 12.8 Å². The monoisotopic (exact) mass is 211 g/mol. The molecule has 0 radical (unpaired) electrons. The molecule has 0 aliphatic rings. The molecule has 0 amide bonds. The van der Waals surface area contributed by atoms with E-state index in [2.05, 4.69) is 40.8 Å². The minimum Gasteiger partial charge on any atom is -0.553 e. The molecule has 0 spiro atoms. The van der Waals surface area contributed by atoms with Crippen LogP contribution in [0.25, 0.3) is 0 Å². The summed E-state index contributed by atoms with van der Waals surface area (Å²) >= 11 is 0. The van der Waals surface area contributed by atoms with Crippen LogP contribution in [0.5, 0.6) is 0 Å². The van der Waals surface area contributed by atoms with Gasteiger partial charge in [-0.25, -0.2) is 4.57 Å². The molecule has 0 saturated heterocycles. The van der Waals surface area contributed by atoms with Crippen molar-refractivity contribution in [2.24, 2.45) is 0 Å². The minimum absolute atomic E-state index is 1.04. The average molecular weight is 211 g/mol. The number of carbonyl (C=O) groups excluding carboxylic acids is 1. The number of hydrogen-bond donors (Lipinski definition) is 0. The molecule has 0 unspecified atom stereocenters. The van der Waals surface area contributed by atoms with Crippen LogP contribution in [0.1, 0.15) is 19.8 Å². The number of pyridine rings is 1. The van der Waals surface area contributed by atoms with Gasteiger partial charge in [0.1, 0.15) is 6.54 Å². The van der Waals surface area contributed by atoms with E-state index in [1.807, 2.05) is 6.07 Å². The minimum atomic E-state index is -1.50. The molecule has 1 aromatic heterocycles. The molecule has 4 heteroatoms. The first-order valence-corrected chi connectivity index (χ1v) is 4.89. The zero-order valence-electron chi connectivity index (χ0n) is 9.18. The quantitative estimate of drug-likeness (QED) is 0.547. The van der Waals surface area contributed by atoms with Gasteiger partial charge in [-0.3, -0.25) is 0 Å². The van der Waals surface area contributed by atoms with E-state index in [4.69, 9.17) is 9.90 Å². The third kappa shape index (κ3) is 8.74. The van der Waals surface area contributed by atoms with Gasteiger partial charge < -0.3 is 14.6 Å². The molecule has 0 N–H and O–H groups in total. The summed E-state index contributed by atoms with van der Waals surface area (Å²) in [6, 6.07) is 6.17. The predicted octanol–water partition coefficient (Wildman–Crippen LogP) is 0.750. The highest BCUT2D eigenvalue weighted by Crippen LogP contribution is 1.85. The average Bonchev–Trinajstić information content (AvgIpc) is 2.28. The lowest BCUT2D eigenvalue weighted by Gasteiger charge is -1.92. The van der Waals surface area contributed by atoms with Crippen LogP contribution in [0.4, 0.5) is 4.79 Å². The van der Waals surface area contributed by atoms with Crippen LogP contribution in [-0.2, 0) is 11.3 Å². The summed E-state index contributed by atoms with van der Waals surface area (Å²) in [5, 5.41) is 9.03. The first kappa shape index (κ1) is 13.4. The first-order chi connectivity index (χ1) is 7.20. The molecule has 84 valence electrons. The standard InChI is InChI=1S/C9H14N.C2H4O3/c1-2-3-7-10-8-5-4-6-9-10;1-5-2(3)4/h4-6,8-9H,2-3,7H2,1H3;1H3,(H,3,4)/q+1;/p-1. The van der Waals surface area contributed by atoms with E-state index in [0.717, 1.165) is 13.7 Å². The number of carboxylic acid groups (broad SMARTS) is 1. The molecule has 4 nitrogen and oxygen atoms in total. The maximum atomic E-state index is 9.03. The Morgan fingerprint density at radius 2 is 1.87 bits per heavy atom. The summed E-state index contributed by atoms with van der Waals surface area (Å²) in [6.45, 7) is 3.36. The third-order valence-corrected chi connectivity index (χ3v) is 1.71. The second kappa shape index (κ2) is 8.99. The number of methoxy groups -OCH3 is 1. The largest absolute Gasteiger partial charge is 0.553 e. The second-order valence-electron chi connectivity index (χ2n) is 2.92. The predicted molar refractivity (Wildman–Crippen MR) is 54.0 cm³/mol. The van der Waals surface area contributed by atoms with Crippen molar-refractivity contribution in [1.29, 1.82) is 0 Å². The summed E-state index contributed by atoms with van der Waals surface area (Å²) in [4.78, 5) is 9.03. The summed E-state index contributed by atoms with van der Waals surface area (Å²) < 4.78 is 5.77. The van der Waals surface area contributed by atoms with Crippen LogP contribution in [0.2, 0.25) is 0 Å². The van der Waals surface area contributed by atoms with Gasteiger partial charge in [-0.15, -0.1) is 0 Å². The Morgan fingerprint density at radius 3 is 2.27 bits per heavy atom. The summed E-state index contributed by atoms with van der Waals surface area (Å²) in [6.07, 6.45) is 5.26. The number of hydrogen-bond acceptors (Lipinski definition) is 3. The molecule has 0 aliphatic carbocycles. The highest BCUT2D eigenvalue weighted by atomic mass is 16.6. The maximum absolute atomic E-state index is 9.03. The lowest BCUT2D eigenvalue weighted by molar-refractivity contribution is -0.697. The maximum Gasteiger partial charge on any atom is 0.251 e. The molecule has 1 rings (SSSR count). The Labute approximate surface area is 90.1 Å². The Hall–Kier alpha value is -1.58. The topological polar surface area (TPSA) is 53.2 Å². The third-order valence-electron chi connectivity index (χ3n) is 1.71. The van der Waals surface area contributed by atoms with Crippen LogP contribution in [0.15, 0.2) is 30.6 Å². The highest BCUT2D eigenvalue weighted by molar-refractivity contribution is 5.53. The number of carbonyl (C=O) groups is 1. The van der Waals surface area contributed by atoms with E-state index in [9.17, 15) is 0 Å². The van der Waals surface area contributed by atoms with E-state index in [0.29, 0.717) is 0 Å². The van der Waals surface area contributed by atoms with Gasteiger partial charge in [0.25, 0.3) is 6.16 Å². The molecule has 0 bridgehead atoms. The normalized spacial score (nSPS) is 8.67. The van der Waals surface area contributed by atoms with Gasteiger partial charge in [0.2, 0.25) is 0 Å². The van der Waals surface area contributed by atoms with Crippen molar-refractivity contribution in [3.8, 4) is 0 Å². The SMILES string of the molecule is CCCC[n+]1ccccc1.COC(=O)[O-]. The molecule has 0 aliphatic heterocycles. The molecule has 1 heterocycles. The van der Waals surface area contributed by atoms with Gasteiger partial charge >= 0.3 is 0 Å². The van der Waals surface area contributed by atoms with Gasteiger partial charge in [0.05, 0.1) is 0 Å². The van der Waals surface area contributed by atoms with Crippen molar-refractivity contribution in [3.05, 3.63) is 30.6 Å². The van der Waals surface area contributed by atoms with Gasteiger partial charge in [0.15, 0.2) is 12.4 Å². The van der Waals surface area contributed by atoms with Gasteiger partial charge in [-0.1, -0.05) is 19.4 Å². The van der Waals surface area contributed by atoms with Crippen LogP contribution < -0.4 is 9.67 Å². The van der Waals surface area contributed by atoms with Gasteiger partial charge in [0, 0.05) is 25.7 Å². The van der Waals surface area contributed by atoms with Crippen molar-refractivity contribution >= 4 is 6.16 Å². The first-order valence-electron chi connectivity index (χ1n) is 4.89. The summed E-state index contributed by atoms with van der Waals surface area (Å²) in [5.74, 6) is 0. The van der Waals surface area contributed by atoms with E-state index in [-0.39, 0.29) is 0 Å². The molecule has 1 aromatic rings. The highest BCUT2D eigenvalue weighted by Gasteiger charge is 1.93. The number of nitrogens with zero attached hydrogens (tertiary/aromatic N) is 1. The molecule has 0 fully saturated rings. The molecular formula is C11H17NO3. The summed E-state index contributed by atoms with van der Waals surface area (Å²) in [7, 11) is 1.04. The zero-order chi connectivity index (χ0) is 11.5. The number of ether oxygens (including phenoxy) is 1. The van der Waals surface area contributed by atoms with E-state index >= 15 is 0 Å². The van der Waals surface area contributed by atoms with E-state index in [1.54, 1.807) is 0 Å².